The van der Waals surface area contributed by atoms with Crippen LogP contribution in [0.4, 0.5) is 0 Å². The Labute approximate surface area is 255 Å². The molecule has 0 radical (unpaired) electrons. The lowest BCUT2D eigenvalue weighted by atomic mass is 9.32. The van der Waals surface area contributed by atoms with Crippen LogP contribution in [-0.2, 0) is 13.1 Å². The number of ether oxygens (including phenoxy) is 1. The molecule has 2 N–H and O–H groups in total. The van der Waals surface area contributed by atoms with Gasteiger partial charge in [-0.2, -0.15) is 0 Å². The van der Waals surface area contributed by atoms with Crippen molar-refractivity contribution in [1.82, 2.24) is 4.90 Å². The average Bonchev–Trinajstić information content (AvgIpc) is 3.53. The molecule has 0 saturated heterocycles. The number of rotatable bonds is 5. The van der Waals surface area contributed by atoms with Gasteiger partial charge in [-0.1, -0.05) is 56.3 Å². The van der Waals surface area contributed by atoms with Crippen molar-refractivity contribution in [3.8, 4) is 5.75 Å². The third-order valence-corrected chi connectivity index (χ3v) is 13.7. The summed E-state index contributed by atoms with van der Waals surface area (Å²) in [4.78, 5) is 17.1. The number of Topliss-reactive ketones (excluding diaryl/α,β-unsaturated/α-hetero) is 1. The van der Waals surface area contributed by atoms with Gasteiger partial charge >= 0.3 is 0 Å². The third-order valence-electron chi connectivity index (χ3n) is 13.7. The highest BCUT2D eigenvalue weighted by Gasteiger charge is 2.74. The van der Waals surface area contributed by atoms with Gasteiger partial charge in [-0.3, -0.25) is 9.69 Å². The molecule has 3 fully saturated rings. The molecule has 2 aromatic carbocycles. The highest BCUT2D eigenvalue weighted by atomic mass is 16.5. The molecular formula is C38H45NO4. The Kier molecular flexibility index (Phi) is 5.92. The van der Waals surface area contributed by atoms with Crippen LogP contribution in [0.25, 0.3) is 0 Å². The molecule has 5 nitrogen and oxygen atoms in total. The number of allylic oxidation sites excluding steroid dienone is 4. The van der Waals surface area contributed by atoms with Crippen molar-refractivity contribution in [2.45, 2.75) is 83.6 Å². The van der Waals surface area contributed by atoms with Gasteiger partial charge in [-0.25, -0.2) is 0 Å². The number of methoxy groups -OCH3 is 1. The van der Waals surface area contributed by atoms with Gasteiger partial charge in [0.05, 0.1) is 18.8 Å². The molecule has 5 heteroatoms. The molecule has 1 aliphatic heterocycles. The summed E-state index contributed by atoms with van der Waals surface area (Å²) >= 11 is 0. The smallest absolute Gasteiger partial charge is 0.189 e. The first-order valence-corrected chi connectivity index (χ1v) is 16.4. The first-order valence-electron chi connectivity index (χ1n) is 16.4. The van der Waals surface area contributed by atoms with Crippen molar-refractivity contribution in [3.05, 3.63) is 89.0 Å². The van der Waals surface area contributed by atoms with Crippen molar-refractivity contribution < 1.29 is 19.7 Å². The van der Waals surface area contributed by atoms with Crippen LogP contribution in [0.15, 0.2) is 72.3 Å². The zero-order valence-electron chi connectivity index (χ0n) is 25.8. The van der Waals surface area contributed by atoms with Gasteiger partial charge in [0.2, 0.25) is 0 Å². The Morgan fingerprint density at radius 1 is 0.907 bits per heavy atom. The van der Waals surface area contributed by atoms with Gasteiger partial charge in [-0.05, 0) is 97.6 Å². The van der Waals surface area contributed by atoms with E-state index in [1.807, 2.05) is 24.3 Å². The Balaban J connectivity index is 1.22. The van der Waals surface area contributed by atoms with Crippen molar-refractivity contribution >= 4 is 5.78 Å². The number of aliphatic hydroxyl groups is 2. The molecule has 7 aliphatic rings. The predicted molar refractivity (Wildman–Crippen MR) is 166 cm³/mol. The number of hydrogen-bond donors (Lipinski definition) is 2. The van der Waals surface area contributed by atoms with E-state index >= 15 is 0 Å². The summed E-state index contributed by atoms with van der Waals surface area (Å²) in [5, 5.41) is 23.6. The van der Waals surface area contributed by atoms with Gasteiger partial charge in [-0.15, -0.1) is 0 Å². The maximum Gasteiger partial charge on any atom is 0.189 e. The molecule has 9 rings (SSSR count). The molecule has 8 atom stereocenters. The van der Waals surface area contributed by atoms with Crippen molar-refractivity contribution in [2.24, 2.45) is 33.5 Å². The highest BCUT2D eigenvalue weighted by molar-refractivity contribution is 6.10. The van der Waals surface area contributed by atoms with Gasteiger partial charge in [0, 0.05) is 47.0 Å². The molecule has 0 aromatic heterocycles. The van der Waals surface area contributed by atoms with E-state index in [-0.39, 0.29) is 34.1 Å². The standard InChI is InChI=1S/C38H45NO4/c1-34-15-12-28(40)20-36(34)18-19-38(30(21-36)33(41)25-8-10-29(43-3)11-9-25)31(34)13-16-35(2)32(38)14-17-37(35,42)24-39-22-26-6-4-5-7-27(26)23-39/h4-11,18-19,21,28,31-32,40,42H,12-17,20,22-24H2,1-3H3/t28?,31-,32-,34-,35+,36+,37-,38-/m1/s1. The van der Waals surface area contributed by atoms with E-state index in [4.69, 9.17) is 4.74 Å². The number of fused-ring (bicyclic) bond motifs is 2. The Hall–Kier alpha value is -2.73. The number of β-amino-alcohol motifs (C(OH)–C–C–N with tert-alkyl or cyclic N) is 1. The SMILES string of the molecule is COc1ccc(C(=O)C2=C[C@@]34C=C[C@@]25[C@@H]2CC[C@@](O)(CN6Cc7ccccc7C6)[C@@]2(C)CC[C@@H]5[C@@]3(C)CCC(O)C4)cc1. The maximum atomic E-state index is 14.7. The van der Waals surface area contributed by atoms with E-state index in [2.05, 4.69) is 61.2 Å². The zero-order chi connectivity index (χ0) is 29.8. The molecule has 43 heavy (non-hydrogen) atoms. The van der Waals surface area contributed by atoms with Crippen LogP contribution in [0.5, 0.6) is 5.75 Å². The first kappa shape index (κ1) is 27.8. The number of aliphatic hydroxyl groups excluding tert-OH is 1. The highest BCUT2D eigenvalue weighted by Crippen LogP contribution is 2.78. The molecule has 2 bridgehead atoms. The summed E-state index contributed by atoms with van der Waals surface area (Å²) in [5.41, 5.74) is 2.42. The van der Waals surface area contributed by atoms with E-state index < -0.39 is 11.0 Å². The minimum atomic E-state index is -0.822. The second-order valence-electron chi connectivity index (χ2n) is 15.3. The lowest BCUT2D eigenvalue weighted by molar-refractivity contribution is -0.176. The summed E-state index contributed by atoms with van der Waals surface area (Å²) < 4.78 is 5.39. The molecule has 0 amide bonds. The van der Waals surface area contributed by atoms with Crippen LogP contribution >= 0.6 is 0 Å². The third kappa shape index (κ3) is 3.53. The number of ketones is 1. The number of benzene rings is 2. The van der Waals surface area contributed by atoms with Crippen molar-refractivity contribution in [1.29, 1.82) is 0 Å². The van der Waals surface area contributed by atoms with Gasteiger partial charge in [0.1, 0.15) is 5.75 Å². The molecule has 1 unspecified atom stereocenters. The molecule has 1 heterocycles. The number of carbonyl (C=O) groups is 1. The fourth-order valence-electron chi connectivity index (χ4n) is 11.4. The maximum absolute atomic E-state index is 14.7. The largest absolute Gasteiger partial charge is 0.497 e. The summed E-state index contributed by atoms with van der Waals surface area (Å²) in [5.74, 6) is 1.30. The minimum Gasteiger partial charge on any atom is -0.497 e. The van der Waals surface area contributed by atoms with Crippen LogP contribution in [0.3, 0.4) is 0 Å². The van der Waals surface area contributed by atoms with Crippen molar-refractivity contribution in [3.63, 3.8) is 0 Å². The molecule has 2 spiro atoms. The first-order chi connectivity index (χ1) is 20.6. The van der Waals surface area contributed by atoms with Crippen LogP contribution in [0.1, 0.15) is 80.3 Å². The lowest BCUT2D eigenvalue weighted by Gasteiger charge is -2.71. The quantitative estimate of drug-likeness (QED) is 0.313. The fourth-order valence-corrected chi connectivity index (χ4v) is 11.4. The van der Waals surface area contributed by atoms with Gasteiger partial charge < -0.3 is 14.9 Å². The second kappa shape index (κ2) is 9.15. The molecule has 6 aliphatic carbocycles. The van der Waals surface area contributed by atoms with Crippen LogP contribution in [0, 0.1) is 33.5 Å². The second-order valence-corrected chi connectivity index (χ2v) is 15.3. The van der Waals surface area contributed by atoms with E-state index in [1.165, 1.54) is 11.1 Å². The predicted octanol–water partition coefficient (Wildman–Crippen LogP) is 6.48. The monoisotopic (exact) mass is 579 g/mol. The van der Waals surface area contributed by atoms with Crippen LogP contribution in [0.2, 0.25) is 0 Å². The summed E-state index contributed by atoms with van der Waals surface area (Å²) in [7, 11) is 1.65. The zero-order valence-corrected chi connectivity index (χ0v) is 25.8. The number of nitrogens with zero attached hydrogens (tertiary/aromatic N) is 1. The Morgan fingerprint density at radius 2 is 1.56 bits per heavy atom. The van der Waals surface area contributed by atoms with E-state index in [1.54, 1.807) is 7.11 Å². The normalized spacial score (nSPS) is 42.5. The van der Waals surface area contributed by atoms with Crippen LogP contribution < -0.4 is 4.74 Å². The molecule has 3 saturated carbocycles. The van der Waals surface area contributed by atoms with Gasteiger partial charge in [0.15, 0.2) is 5.78 Å². The number of hydrogen-bond acceptors (Lipinski definition) is 5. The number of carbonyl (C=O) groups excluding carboxylic acids is 1. The minimum absolute atomic E-state index is 0.0245. The molecule has 226 valence electrons. The topological polar surface area (TPSA) is 70.0 Å². The van der Waals surface area contributed by atoms with Gasteiger partial charge in [0.25, 0.3) is 0 Å². The fraction of sp³-hybridized carbons (Fsp3) is 0.553. The Bertz CT molecular complexity index is 1520. The summed E-state index contributed by atoms with van der Waals surface area (Å²) in [6, 6.07) is 16.2. The summed E-state index contributed by atoms with van der Waals surface area (Å²) in [6.45, 7) is 7.22. The summed E-state index contributed by atoms with van der Waals surface area (Å²) in [6.07, 6.45) is 12.8. The lowest BCUT2D eigenvalue weighted by Crippen LogP contribution is -2.67. The average molecular weight is 580 g/mol. The molecular weight excluding hydrogens is 534 g/mol. The van der Waals surface area contributed by atoms with E-state index in [9.17, 15) is 15.0 Å². The van der Waals surface area contributed by atoms with E-state index in [0.29, 0.717) is 24.4 Å². The van der Waals surface area contributed by atoms with Crippen LogP contribution in [-0.4, -0.2) is 46.3 Å². The molecule has 2 aromatic rings. The Morgan fingerprint density at radius 3 is 2.26 bits per heavy atom. The van der Waals surface area contributed by atoms with Crippen molar-refractivity contribution in [2.75, 3.05) is 13.7 Å². The van der Waals surface area contributed by atoms with E-state index in [0.717, 1.165) is 62.9 Å².